The molecule has 0 amide bonds. The summed E-state index contributed by atoms with van der Waals surface area (Å²) in [5.41, 5.74) is 1.14. The zero-order chi connectivity index (χ0) is 12.8. The Hall–Kier alpha value is -1.68. The lowest BCUT2D eigenvalue weighted by Crippen LogP contribution is -2.31. The number of carboxylic acid groups (broad SMARTS) is 1. The van der Waals surface area contributed by atoms with Gasteiger partial charge in [-0.05, 0) is 31.0 Å². The highest BCUT2D eigenvalue weighted by Gasteiger charge is 2.07. The van der Waals surface area contributed by atoms with E-state index in [0.29, 0.717) is 6.42 Å². The summed E-state index contributed by atoms with van der Waals surface area (Å²) in [6.45, 7) is 5.62. The number of hydrogen-bond donors (Lipinski definition) is 2. The fourth-order valence-corrected chi connectivity index (χ4v) is 1.42. The van der Waals surface area contributed by atoms with Crippen molar-refractivity contribution in [3.63, 3.8) is 0 Å². The van der Waals surface area contributed by atoms with Crippen molar-refractivity contribution in [2.75, 3.05) is 6.54 Å². The van der Waals surface area contributed by atoms with Gasteiger partial charge in [0.05, 0.1) is 0 Å². The van der Waals surface area contributed by atoms with Gasteiger partial charge in [0.25, 0.3) is 0 Å². The molecule has 0 saturated carbocycles. The average Bonchev–Trinajstić information content (AvgIpc) is 2.29. The molecule has 1 aromatic rings. The number of rotatable bonds is 6. The molecular weight excluding hydrogens is 221 g/mol. The second kappa shape index (κ2) is 6.15. The largest absolute Gasteiger partial charge is 0.478 e. The summed E-state index contributed by atoms with van der Waals surface area (Å²) in [5.74, 6) is -1.25. The third-order valence-electron chi connectivity index (χ3n) is 2.42. The van der Waals surface area contributed by atoms with Crippen LogP contribution in [0.4, 0.5) is 4.39 Å². The van der Waals surface area contributed by atoms with Crippen molar-refractivity contribution in [3.8, 4) is 0 Å². The monoisotopic (exact) mass is 237 g/mol. The highest BCUT2D eigenvalue weighted by atomic mass is 19.1. The molecule has 3 nitrogen and oxygen atoms in total. The summed E-state index contributed by atoms with van der Waals surface area (Å²) in [7, 11) is 0. The Morgan fingerprint density at radius 3 is 2.59 bits per heavy atom. The van der Waals surface area contributed by atoms with Crippen LogP contribution in [0.5, 0.6) is 0 Å². The maximum atomic E-state index is 12.7. The zero-order valence-electron chi connectivity index (χ0n) is 9.74. The van der Waals surface area contributed by atoms with Gasteiger partial charge in [-0.1, -0.05) is 18.7 Å². The van der Waals surface area contributed by atoms with Crippen molar-refractivity contribution in [1.82, 2.24) is 5.32 Å². The minimum absolute atomic E-state index is 0.108. The van der Waals surface area contributed by atoms with Gasteiger partial charge in [-0.15, -0.1) is 0 Å². The lowest BCUT2D eigenvalue weighted by atomic mass is 10.1. The highest BCUT2D eigenvalue weighted by molar-refractivity contribution is 5.86. The van der Waals surface area contributed by atoms with Crippen LogP contribution in [0.2, 0.25) is 0 Å². The van der Waals surface area contributed by atoms with Crippen LogP contribution in [-0.4, -0.2) is 23.7 Å². The van der Waals surface area contributed by atoms with Crippen LogP contribution in [0.15, 0.2) is 36.4 Å². The van der Waals surface area contributed by atoms with E-state index in [1.807, 2.05) is 6.92 Å². The second-order valence-corrected chi connectivity index (χ2v) is 4.02. The van der Waals surface area contributed by atoms with E-state index in [1.54, 1.807) is 12.1 Å². The van der Waals surface area contributed by atoms with E-state index in [-0.39, 0.29) is 24.0 Å². The van der Waals surface area contributed by atoms with Gasteiger partial charge in [-0.25, -0.2) is 9.18 Å². The Bertz CT molecular complexity index is 400. The zero-order valence-corrected chi connectivity index (χ0v) is 9.74. The molecule has 0 aliphatic carbocycles. The number of carboxylic acids is 1. The number of aliphatic carboxylic acids is 1. The third-order valence-corrected chi connectivity index (χ3v) is 2.42. The molecule has 0 fully saturated rings. The van der Waals surface area contributed by atoms with E-state index in [2.05, 4.69) is 11.9 Å². The van der Waals surface area contributed by atoms with Gasteiger partial charge in [0.2, 0.25) is 0 Å². The van der Waals surface area contributed by atoms with E-state index >= 15 is 0 Å². The minimum Gasteiger partial charge on any atom is -0.478 e. The molecule has 0 aliphatic rings. The first-order valence-corrected chi connectivity index (χ1v) is 5.38. The van der Waals surface area contributed by atoms with Gasteiger partial charge in [-0.2, -0.15) is 0 Å². The lowest BCUT2D eigenvalue weighted by molar-refractivity contribution is -0.132. The normalized spacial score (nSPS) is 12.1. The Morgan fingerprint density at radius 2 is 2.06 bits per heavy atom. The number of benzene rings is 1. The molecule has 17 heavy (non-hydrogen) atoms. The molecule has 0 aliphatic heterocycles. The highest BCUT2D eigenvalue weighted by Crippen LogP contribution is 2.05. The Labute approximate surface area is 100.0 Å². The predicted molar refractivity (Wildman–Crippen MR) is 64.3 cm³/mol. The molecule has 1 aromatic carbocycles. The van der Waals surface area contributed by atoms with Crippen LogP contribution in [0.1, 0.15) is 12.5 Å². The van der Waals surface area contributed by atoms with Crippen molar-refractivity contribution in [1.29, 1.82) is 0 Å². The molecule has 0 bridgehead atoms. The second-order valence-electron chi connectivity index (χ2n) is 4.02. The van der Waals surface area contributed by atoms with Crippen LogP contribution >= 0.6 is 0 Å². The maximum absolute atomic E-state index is 12.7. The van der Waals surface area contributed by atoms with Crippen molar-refractivity contribution in [2.24, 2.45) is 0 Å². The van der Waals surface area contributed by atoms with Crippen molar-refractivity contribution >= 4 is 5.97 Å². The molecule has 0 aromatic heterocycles. The number of nitrogens with one attached hydrogen (secondary N) is 1. The van der Waals surface area contributed by atoms with E-state index in [0.717, 1.165) is 5.56 Å². The predicted octanol–water partition coefficient (Wildman–Crippen LogP) is 1.99. The number of hydrogen-bond acceptors (Lipinski definition) is 2. The molecule has 0 saturated heterocycles. The van der Waals surface area contributed by atoms with Gasteiger partial charge in [-0.3, -0.25) is 0 Å². The summed E-state index contributed by atoms with van der Waals surface area (Å²) < 4.78 is 12.7. The van der Waals surface area contributed by atoms with E-state index in [4.69, 9.17) is 5.11 Å². The minimum atomic E-state index is -0.994. The van der Waals surface area contributed by atoms with Gasteiger partial charge < -0.3 is 10.4 Å². The molecule has 2 N–H and O–H groups in total. The van der Waals surface area contributed by atoms with Crippen molar-refractivity contribution in [2.45, 2.75) is 19.4 Å². The first-order valence-electron chi connectivity index (χ1n) is 5.38. The van der Waals surface area contributed by atoms with E-state index in [1.165, 1.54) is 12.1 Å². The van der Waals surface area contributed by atoms with E-state index in [9.17, 15) is 9.18 Å². The van der Waals surface area contributed by atoms with Gasteiger partial charge >= 0.3 is 5.97 Å². The van der Waals surface area contributed by atoms with Gasteiger partial charge in [0.15, 0.2) is 0 Å². The fourth-order valence-electron chi connectivity index (χ4n) is 1.42. The third kappa shape index (κ3) is 4.78. The van der Waals surface area contributed by atoms with Crippen LogP contribution in [0, 0.1) is 5.82 Å². The molecule has 1 atom stereocenters. The van der Waals surface area contributed by atoms with E-state index < -0.39 is 5.97 Å². The summed E-state index contributed by atoms with van der Waals surface area (Å²) in [4.78, 5) is 10.5. The van der Waals surface area contributed by atoms with Gasteiger partial charge in [0.1, 0.15) is 5.82 Å². The summed E-state index contributed by atoms with van der Waals surface area (Å²) in [5, 5.41) is 11.7. The molecule has 0 radical (unpaired) electrons. The molecule has 92 valence electrons. The number of halogens is 1. The van der Waals surface area contributed by atoms with Crippen LogP contribution in [-0.2, 0) is 11.2 Å². The smallest absolute Gasteiger partial charge is 0.332 e. The molecule has 4 heteroatoms. The number of carbonyl (C=O) groups is 1. The topological polar surface area (TPSA) is 49.3 Å². The standard InChI is InChI=1S/C13H16FNO2/c1-9(13(16)17)8-15-10(2)7-11-3-5-12(14)6-4-11/h3-6,10,15H,1,7-8H2,2H3,(H,16,17). The van der Waals surface area contributed by atoms with Crippen molar-refractivity contribution in [3.05, 3.63) is 47.8 Å². The quantitative estimate of drug-likeness (QED) is 0.744. The first kappa shape index (κ1) is 13.4. The maximum Gasteiger partial charge on any atom is 0.332 e. The van der Waals surface area contributed by atoms with Crippen molar-refractivity contribution < 1.29 is 14.3 Å². The molecular formula is C13H16FNO2. The summed E-state index contributed by atoms with van der Waals surface area (Å²) in [6.07, 6.45) is 0.715. The van der Waals surface area contributed by atoms with Crippen LogP contribution in [0.3, 0.4) is 0 Å². The summed E-state index contributed by atoms with van der Waals surface area (Å²) in [6, 6.07) is 6.38. The van der Waals surface area contributed by atoms with Crippen LogP contribution < -0.4 is 5.32 Å². The lowest BCUT2D eigenvalue weighted by Gasteiger charge is -2.13. The fraction of sp³-hybridized carbons (Fsp3) is 0.308. The van der Waals surface area contributed by atoms with Crippen LogP contribution in [0.25, 0.3) is 0 Å². The molecule has 0 heterocycles. The Balaban J connectivity index is 2.39. The Kier molecular flexibility index (Phi) is 4.84. The molecule has 1 unspecified atom stereocenters. The Morgan fingerprint density at radius 1 is 1.47 bits per heavy atom. The first-order chi connectivity index (χ1) is 7.99. The molecule has 0 spiro atoms. The summed E-state index contributed by atoms with van der Waals surface area (Å²) >= 11 is 0. The SMILES string of the molecule is C=C(CNC(C)Cc1ccc(F)cc1)C(=O)O. The van der Waals surface area contributed by atoms with Gasteiger partial charge in [0, 0.05) is 18.2 Å². The average molecular weight is 237 g/mol. The molecule has 1 rings (SSSR count).